The van der Waals surface area contributed by atoms with E-state index in [9.17, 15) is 9.59 Å². The summed E-state index contributed by atoms with van der Waals surface area (Å²) < 4.78 is 1.30. The molecule has 0 unspecified atom stereocenters. The van der Waals surface area contributed by atoms with Crippen LogP contribution in [-0.2, 0) is 16.8 Å². The SMILES string of the molecule is O=C(CCn1c(Cl)ccnc1=O)Nc1ccc(C23CC4CC(CC(C4)C2)C3)cc1. The van der Waals surface area contributed by atoms with Gasteiger partial charge in [0, 0.05) is 24.8 Å². The van der Waals surface area contributed by atoms with E-state index in [0.717, 1.165) is 23.4 Å². The lowest BCUT2D eigenvalue weighted by molar-refractivity contribution is -0.116. The van der Waals surface area contributed by atoms with E-state index >= 15 is 0 Å². The topological polar surface area (TPSA) is 64.0 Å². The molecule has 29 heavy (non-hydrogen) atoms. The number of nitrogens with one attached hydrogen (secondary N) is 1. The van der Waals surface area contributed by atoms with Crippen LogP contribution in [0.15, 0.2) is 41.3 Å². The number of carbonyl (C=O) groups is 1. The van der Waals surface area contributed by atoms with Crippen LogP contribution in [0.3, 0.4) is 0 Å². The predicted octanol–water partition coefficient (Wildman–Crippen LogP) is 4.39. The maximum atomic E-state index is 12.3. The fourth-order valence-electron chi connectivity index (χ4n) is 6.42. The van der Waals surface area contributed by atoms with Gasteiger partial charge in [-0.1, -0.05) is 23.7 Å². The number of carbonyl (C=O) groups excluding carboxylic acids is 1. The Balaban J connectivity index is 1.23. The van der Waals surface area contributed by atoms with E-state index in [1.54, 1.807) is 6.07 Å². The maximum absolute atomic E-state index is 12.3. The van der Waals surface area contributed by atoms with E-state index < -0.39 is 5.69 Å². The Morgan fingerprint density at radius 1 is 1.07 bits per heavy atom. The molecule has 152 valence electrons. The van der Waals surface area contributed by atoms with Gasteiger partial charge in [-0.2, -0.15) is 0 Å². The lowest BCUT2D eigenvalue weighted by atomic mass is 9.48. The summed E-state index contributed by atoms with van der Waals surface area (Å²) >= 11 is 6.01. The summed E-state index contributed by atoms with van der Waals surface area (Å²) in [5, 5.41) is 3.22. The van der Waals surface area contributed by atoms with E-state index in [4.69, 9.17) is 11.6 Å². The molecule has 4 fully saturated rings. The van der Waals surface area contributed by atoms with Gasteiger partial charge in [0.25, 0.3) is 0 Å². The minimum Gasteiger partial charge on any atom is -0.326 e. The quantitative estimate of drug-likeness (QED) is 0.742. The molecule has 2 aromatic rings. The monoisotopic (exact) mass is 411 g/mol. The molecule has 0 aliphatic heterocycles. The number of halogens is 1. The highest BCUT2D eigenvalue weighted by Gasteiger charge is 2.51. The Labute approximate surface area is 175 Å². The molecule has 1 N–H and O–H groups in total. The van der Waals surface area contributed by atoms with Crippen molar-refractivity contribution < 1.29 is 4.79 Å². The van der Waals surface area contributed by atoms with Crippen molar-refractivity contribution in [1.29, 1.82) is 0 Å². The van der Waals surface area contributed by atoms with Crippen molar-refractivity contribution in [2.45, 2.75) is 56.9 Å². The van der Waals surface area contributed by atoms with E-state index in [1.807, 2.05) is 12.1 Å². The van der Waals surface area contributed by atoms with Crippen LogP contribution in [0, 0.1) is 17.8 Å². The highest BCUT2D eigenvalue weighted by Crippen LogP contribution is 2.60. The van der Waals surface area contributed by atoms with Gasteiger partial charge in [-0.15, -0.1) is 0 Å². The number of rotatable bonds is 5. The number of benzene rings is 1. The van der Waals surface area contributed by atoms with Gasteiger partial charge in [0.05, 0.1) is 0 Å². The standard InChI is InChI=1S/C23H26ClN3O2/c24-20-5-7-25-22(29)27(20)8-6-21(28)26-19-3-1-18(2-4-19)23-12-15-9-16(13-23)11-17(10-15)14-23/h1-5,7,15-17H,6,8-14H2,(H,26,28). The number of hydrogen-bond donors (Lipinski definition) is 1. The maximum Gasteiger partial charge on any atom is 0.348 e. The third-order valence-corrected chi connectivity index (χ3v) is 7.60. The molecule has 1 heterocycles. The van der Waals surface area contributed by atoms with E-state index in [0.29, 0.717) is 5.41 Å². The summed E-state index contributed by atoms with van der Waals surface area (Å²) in [5.41, 5.74) is 2.18. The highest BCUT2D eigenvalue weighted by molar-refractivity contribution is 6.29. The van der Waals surface area contributed by atoms with Crippen LogP contribution in [0.5, 0.6) is 0 Å². The van der Waals surface area contributed by atoms with Gasteiger partial charge in [0.1, 0.15) is 5.15 Å². The van der Waals surface area contributed by atoms with Gasteiger partial charge in [-0.25, -0.2) is 9.78 Å². The van der Waals surface area contributed by atoms with Crippen molar-refractivity contribution in [3.05, 3.63) is 57.7 Å². The first kappa shape index (κ1) is 18.9. The van der Waals surface area contributed by atoms with E-state index in [2.05, 4.69) is 22.4 Å². The lowest BCUT2D eigenvalue weighted by Crippen LogP contribution is -2.48. The second-order valence-electron chi connectivity index (χ2n) is 9.28. The summed E-state index contributed by atoms with van der Waals surface area (Å²) in [6.45, 7) is 0.211. The Morgan fingerprint density at radius 3 is 2.28 bits per heavy atom. The largest absolute Gasteiger partial charge is 0.348 e. The number of hydrogen-bond acceptors (Lipinski definition) is 3. The molecule has 1 aromatic carbocycles. The molecule has 4 saturated carbocycles. The second-order valence-corrected chi connectivity index (χ2v) is 9.66. The summed E-state index contributed by atoms with van der Waals surface area (Å²) in [6.07, 6.45) is 9.88. The first-order valence-corrected chi connectivity index (χ1v) is 11.0. The van der Waals surface area contributed by atoms with E-state index in [1.165, 1.54) is 54.9 Å². The van der Waals surface area contributed by atoms with Crippen molar-refractivity contribution >= 4 is 23.2 Å². The smallest absolute Gasteiger partial charge is 0.326 e. The molecule has 0 spiro atoms. The normalized spacial score (nSPS) is 29.8. The van der Waals surface area contributed by atoms with E-state index in [-0.39, 0.29) is 24.0 Å². The van der Waals surface area contributed by atoms with Gasteiger partial charge in [-0.3, -0.25) is 9.36 Å². The Kier molecular flexibility index (Phi) is 4.73. The molecule has 1 aromatic heterocycles. The molecular weight excluding hydrogens is 386 g/mol. The van der Waals surface area contributed by atoms with Gasteiger partial charge in [0.15, 0.2) is 0 Å². The van der Waals surface area contributed by atoms with Crippen molar-refractivity contribution in [2.75, 3.05) is 5.32 Å². The van der Waals surface area contributed by atoms with Crippen LogP contribution >= 0.6 is 11.6 Å². The van der Waals surface area contributed by atoms with Gasteiger partial charge in [-0.05, 0) is 85.5 Å². The van der Waals surface area contributed by atoms with Crippen LogP contribution in [0.2, 0.25) is 5.15 Å². The van der Waals surface area contributed by atoms with Gasteiger partial charge in [0.2, 0.25) is 5.91 Å². The summed E-state index contributed by atoms with van der Waals surface area (Å²) in [6, 6.07) is 10.0. The third kappa shape index (κ3) is 3.61. The zero-order valence-electron chi connectivity index (χ0n) is 16.4. The first-order chi connectivity index (χ1) is 14.0. The minimum atomic E-state index is -0.440. The summed E-state index contributed by atoms with van der Waals surface area (Å²) in [7, 11) is 0. The third-order valence-electron chi connectivity index (χ3n) is 7.27. The fraction of sp³-hybridized carbons (Fsp3) is 0.522. The summed E-state index contributed by atoms with van der Waals surface area (Å²) in [4.78, 5) is 27.8. The van der Waals surface area contributed by atoms with Gasteiger partial charge >= 0.3 is 5.69 Å². The van der Waals surface area contributed by atoms with Crippen molar-refractivity contribution in [3.8, 4) is 0 Å². The second kappa shape index (κ2) is 7.28. The van der Waals surface area contributed by atoms with Crippen molar-refractivity contribution in [1.82, 2.24) is 9.55 Å². The zero-order valence-corrected chi connectivity index (χ0v) is 17.2. The first-order valence-electron chi connectivity index (χ1n) is 10.6. The van der Waals surface area contributed by atoms with Crippen LogP contribution < -0.4 is 11.0 Å². The number of aromatic nitrogens is 2. The van der Waals surface area contributed by atoms with Crippen LogP contribution in [-0.4, -0.2) is 15.5 Å². The molecule has 4 aliphatic carbocycles. The molecule has 4 bridgehead atoms. The number of anilines is 1. The highest BCUT2D eigenvalue weighted by atomic mass is 35.5. The number of amides is 1. The van der Waals surface area contributed by atoms with Crippen molar-refractivity contribution in [3.63, 3.8) is 0 Å². The molecule has 1 amide bonds. The number of nitrogens with zero attached hydrogens (tertiary/aromatic N) is 2. The molecule has 5 nitrogen and oxygen atoms in total. The lowest BCUT2D eigenvalue weighted by Gasteiger charge is -2.57. The van der Waals surface area contributed by atoms with Crippen LogP contribution in [0.4, 0.5) is 5.69 Å². The van der Waals surface area contributed by atoms with Crippen LogP contribution in [0.1, 0.15) is 50.5 Å². The molecule has 0 saturated heterocycles. The summed E-state index contributed by atoms with van der Waals surface area (Å²) in [5.74, 6) is 2.62. The minimum absolute atomic E-state index is 0.139. The molecule has 6 heteroatoms. The van der Waals surface area contributed by atoms with Crippen molar-refractivity contribution in [2.24, 2.45) is 17.8 Å². The predicted molar refractivity (Wildman–Crippen MR) is 113 cm³/mol. The Hall–Kier alpha value is -2.14. The van der Waals surface area contributed by atoms with Gasteiger partial charge < -0.3 is 5.32 Å². The fourth-order valence-corrected chi connectivity index (χ4v) is 6.64. The molecule has 4 aliphatic rings. The average Bonchev–Trinajstić information content (AvgIpc) is 2.67. The zero-order chi connectivity index (χ0) is 20.0. The molecule has 0 atom stereocenters. The Bertz CT molecular complexity index is 947. The van der Waals surface area contributed by atoms with Crippen LogP contribution in [0.25, 0.3) is 0 Å². The molecule has 0 radical (unpaired) electrons. The Morgan fingerprint density at radius 2 is 1.69 bits per heavy atom. The average molecular weight is 412 g/mol. The molecular formula is C23H26ClN3O2. The molecule has 6 rings (SSSR count).